The zero-order valence-electron chi connectivity index (χ0n) is 15.7. The first kappa shape index (κ1) is 20.3. The van der Waals surface area contributed by atoms with Gasteiger partial charge in [0.2, 0.25) is 5.82 Å². The van der Waals surface area contributed by atoms with Gasteiger partial charge in [0.15, 0.2) is 0 Å². The van der Waals surface area contributed by atoms with Crippen molar-refractivity contribution in [3.63, 3.8) is 0 Å². The first-order valence-corrected chi connectivity index (χ1v) is 8.76. The van der Waals surface area contributed by atoms with Gasteiger partial charge in [-0.1, -0.05) is 32.1 Å². The lowest BCUT2D eigenvalue weighted by atomic mass is 10.0. The lowest BCUT2D eigenvalue weighted by Gasteiger charge is -2.33. The van der Waals surface area contributed by atoms with Gasteiger partial charge in [-0.05, 0) is 18.1 Å². The number of nitrogens with one attached hydrogen (secondary N) is 1. The van der Waals surface area contributed by atoms with Crippen LogP contribution in [-0.2, 0) is 0 Å². The van der Waals surface area contributed by atoms with Crippen LogP contribution in [0.25, 0.3) is 5.65 Å². The van der Waals surface area contributed by atoms with Crippen molar-refractivity contribution in [1.82, 2.24) is 14.3 Å². The van der Waals surface area contributed by atoms with Crippen LogP contribution >= 0.6 is 0 Å². The summed E-state index contributed by atoms with van der Waals surface area (Å²) in [5.74, 6) is 0.247. The second-order valence-electron chi connectivity index (χ2n) is 6.52. The molecule has 1 atom stereocenters. The maximum absolute atomic E-state index is 12.5. The van der Waals surface area contributed by atoms with Crippen molar-refractivity contribution in [1.29, 1.82) is 0 Å². The highest BCUT2D eigenvalue weighted by atomic mass is 16.6. The molecule has 2 rings (SSSR count). The minimum Gasteiger partial charge on any atom is -0.363 e. The molecular weight excluding hydrogens is 346 g/mol. The lowest BCUT2D eigenvalue weighted by Crippen LogP contribution is -2.44. The molecule has 0 spiro atoms. The zero-order valence-corrected chi connectivity index (χ0v) is 15.7. The Hall–Kier alpha value is -3.00. The number of fused-ring (bicyclic) bond motifs is 1. The highest BCUT2D eigenvalue weighted by molar-refractivity contribution is 5.59. The van der Waals surface area contributed by atoms with Gasteiger partial charge in [0, 0.05) is 31.9 Å². The van der Waals surface area contributed by atoms with E-state index in [1.165, 1.54) is 10.6 Å². The van der Waals surface area contributed by atoms with Crippen LogP contribution in [0.5, 0.6) is 0 Å². The summed E-state index contributed by atoms with van der Waals surface area (Å²) in [5, 5.41) is 14.5. The van der Waals surface area contributed by atoms with Gasteiger partial charge in [-0.2, -0.15) is 0 Å². The molecule has 0 aliphatic rings. The normalized spacial score (nSPS) is 12.3. The van der Waals surface area contributed by atoms with Crippen molar-refractivity contribution in [3.05, 3.63) is 70.2 Å². The number of rotatable bonds is 10. The fourth-order valence-corrected chi connectivity index (χ4v) is 3.03. The predicted molar refractivity (Wildman–Crippen MR) is 107 cm³/mol. The largest absolute Gasteiger partial charge is 0.376 e. The van der Waals surface area contributed by atoms with Gasteiger partial charge in [-0.3, -0.25) is 24.2 Å². The molecule has 0 amide bonds. The number of pyridine rings is 1. The summed E-state index contributed by atoms with van der Waals surface area (Å²) < 4.78 is 1.17. The highest BCUT2D eigenvalue weighted by Crippen LogP contribution is 2.20. The van der Waals surface area contributed by atoms with Crippen molar-refractivity contribution in [2.24, 2.45) is 5.92 Å². The molecule has 0 aliphatic heterocycles. The van der Waals surface area contributed by atoms with E-state index in [4.69, 9.17) is 0 Å². The number of hydrogen-bond acceptors (Lipinski definition) is 6. The van der Waals surface area contributed by atoms with E-state index in [-0.39, 0.29) is 17.8 Å². The minimum atomic E-state index is -0.705. The summed E-state index contributed by atoms with van der Waals surface area (Å²) in [4.78, 5) is 29.8. The molecule has 0 aromatic carbocycles. The third-order valence-electron chi connectivity index (χ3n) is 4.34. The summed E-state index contributed by atoms with van der Waals surface area (Å²) in [5.41, 5.74) is -0.908. The molecule has 1 N–H and O–H groups in total. The van der Waals surface area contributed by atoms with E-state index in [1.807, 2.05) is 12.2 Å². The maximum Gasteiger partial charge on any atom is 0.376 e. The van der Waals surface area contributed by atoms with E-state index < -0.39 is 16.2 Å². The number of anilines is 1. The molecule has 0 fully saturated rings. The van der Waals surface area contributed by atoms with E-state index in [2.05, 4.69) is 42.2 Å². The number of nitro groups is 1. The average Bonchev–Trinajstić information content (AvgIpc) is 2.61. The number of aromatic nitrogens is 2. The Kier molecular flexibility index (Phi) is 6.84. The molecular formula is C19H25N5O3. The second-order valence-corrected chi connectivity index (χ2v) is 6.52. The second kappa shape index (κ2) is 9.09. The lowest BCUT2D eigenvalue weighted by molar-refractivity contribution is -0.385. The van der Waals surface area contributed by atoms with Crippen LogP contribution in [0.1, 0.15) is 13.8 Å². The maximum atomic E-state index is 12.5. The molecule has 8 nitrogen and oxygen atoms in total. The molecule has 2 heterocycles. The van der Waals surface area contributed by atoms with Crippen molar-refractivity contribution in [2.45, 2.75) is 19.9 Å². The van der Waals surface area contributed by atoms with Crippen molar-refractivity contribution in [3.8, 4) is 0 Å². The first-order valence-electron chi connectivity index (χ1n) is 8.76. The summed E-state index contributed by atoms with van der Waals surface area (Å²) >= 11 is 0. The third kappa shape index (κ3) is 4.59. The first-order chi connectivity index (χ1) is 12.9. The molecule has 0 bridgehead atoms. The van der Waals surface area contributed by atoms with Crippen molar-refractivity contribution >= 4 is 17.2 Å². The molecule has 0 saturated carbocycles. The van der Waals surface area contributed by atoms with Crippen LogP contribution in [0.4, 0.5) is 11.5 Å². The Labute approximate surface area is 158 Å². The van der Waals surface area contributed by atoms with E-state index in [9.17, 15) is 14.9 Å². The van der Waals surface area contributed by atoms with E-state index in [1.54, 1.807) is 18.2 Å². The SMILES string of the molecule is C=CCN(CC=C)C(CNc1nc2ccccn2c(=O)c1[N+](=O)[O-])C(C)C. The number of nitrogens with zero attached hydrogens (tertiary/aromatic N) is 4. The van der Waals surface area contributed by atoms with Gasteiger partial charge >= 0.3 is 11.2 Å². The van der Waals surface area contributed by atoms with Crippen LogP contribution in [-0.4, -0.2) is 44.9 Å². The van der Waals surface area contributed by atoms with Gasteiger partial charge in [-0.15, -0.1) is 13.2 Å². The topological polar surface area (TPSA) is 92.8 Å². The van der Waals surface area contributed by atoms with Crippen molar-refractivity contribution < 1.29 is 4.92 Å². The van der Waals surface area contributed by atoms with Gasteiger partial charge in [0.25, 0.3) is 0 Å². The molecule has 2 aromatic heterocycles. The molecule has 0 radical (unpaired) electrons. The molecule has 8 heteroatoms. The zero-order chi connectivity index (χ0) is 20.0. The van der Waals surface area contributed by atoms with Gasteiger partial charge in [-0.25, -0.2) is 4.98 Å². The Balaban J connectivity index is 2.39. The fourth-order valence-electron chi connectivity index (χ4n) is 3.03. The smallest absolute Gasteiger partial charge is 0.363 e. The predicted octanol–water partition coefficient (Wildman–Crippen LogP) is 2.71. The van der Waals surface area contributed by atoms with E-state index in [0.717, 1.165) is 0 Å². The van der Waals surface area contributed by atoms with Crippen LogP contribution in [0.2, 0.25) is 0 Å². The molecule has 0 aliphatic carbocycles. The molecule has 144 valence electrons. The molecule has 2 aromatic rings. The van der Waals surface area contributed by atoms with Crippen molar-refractivity contribution in [2.75, 3.05) is 25.0 Å². The monoisotopic (exact) mass is 371 g/mol. The van der Waals surface area contributed by atoms with Crippen LogP contribution in [0.15, 0.2) is 54.5 Å². The average molecular weight is 371 g/mol. The van der Waals surface area contributed by atoms with Gasteiger partial charge in [0.05, 0.1) is 4.92 Å². The summed E-state index contributed by atoms with van der Waals surface area (Å²) in [6.07, 6.45) is 5.08. The van der Waals surface area contributed by atoms with Crippen LogP contribution < -0.4 is 10.9 Å². The molecule has 27 heavy (non-hydrogen) atoms. The Morgan fingerprint density at radius 2 is 2.00 bits per heavy atom. The summed E-state index contributed by atoms with van der Waals surface area (Å²) in [7, 11) is 0. The minimum absolute atomic E-state index is 0.0148. The van der Waals surface area contributed by atoms with E-state index >= 15 is 0 Å². The van der Waals surface area contributed by atoms with Gasteiger partial charge in [0.1, 0.15) is 5.65 Å². The van der Waals surface area contributed by atoms with Crippen LogP contribution in [0, 0.1) is 16.0 Å². The Bertz CT molecular complexity index is 881. The highest BCUT2D eigenvalue weighted by Gasteiger charge is 2.26. The summed E-state index contributed by atoms with van der Waals surface area (Å²) in [6.45, 7) is 13.4. The standard InChI is InChI=1S/C19H25N5O3/c1-5-10-22(11-6-2)15(14(3)4)13-20-18-17(24(26)27)19(25)23-12-8-7-9-16(23)21-18/h5-9,12,14-15,20H,1-2,10-11,13H2,3-4H3. The third-order valence-corrected chi connectivity index (χ3v) is 4.34. The van der Waals surface area contributed by atoms with Crippen LogP contribution in [0.3, 0.4) is 0 Å². The van der Waals surface area contributed by atoms with E-state index in [0.29, 0.717) is 25.3 Å². The fraction of sp³-hybridized carbons (Fsp3) is 0.368. The Morgan fingerprint density at radius 3 is 2.56 bits per heavy atom. The molecule has 1 unspecified atom stereocenters. The Morgan fingerprint density at radius 1 is 1.33 bits per heavy atom. The number of hydrogen-bond donors (Lipinski definition) is 1. The quantitative estimate of drug-likeness (QED) is 0.392. The van der Waals surface area contributed by atoms with Gasteiger partial charge < -0.3 is 5.32 Å². The molecule has 0 saturated heterocycles. The summed E-state index contributed by atoms with van der Waals surface area (Å²) in [6, 6.07) is 5.04.